The molecule has 1 saturated heterocycles. The molecule has 0 amide bonds. The Morgan fingerprint density at radius 1 is 1.14 bits per heavy atom. The summed E-state index contributed by atoms with van der Waals surface area (Å²) in [4.78, 5) is 21.7. The van der Waals surface area contributed by atoms with Gasteiger partial charge in [0.15, 0.2) is 5.75 Å². The van der Waals surface area contributed by atoms with E-state index in [0.29, 0.717) is 5.75 Å². The Labute approximate surface area is 169 Å². The molecule has 0 spiro atoms. The molecule has 29 heavy (non-hydrogen) atoms. The van der Waals surface area contributed by atoms with Gasteiger partial charge in [-0.25, -0.2) is 4.79 Å². The van der Waals surface area contributed by atoms with Crippen LogP contribution in [0.2, 0.25) is 0 Å². The van der Waals surface area contributed by atoms with Crippen molar-refractivity contribution >= 4 is 11.8 Å². The number of pyridine rings is 1. The first-order valence-corrected chi connectivity index (χ1v) is 9.65. The lowest BCUT2D eigenvalue weighted by Crippen LogP contribution is -2.36. The van der Waals surface area contributed by atoms with Crippen molar-refractivity contribution in [2.45, 2.75) is 6.92 Å². The summed E-state index contributed by atoms with van der Waals surface area (Å²) >= 11 is 0. The van der Waals surface area contributed by atoms with Gasteiger partial charge in [-0.2, -0.15) is 0 Å². The monoisotopic (exact) mass is 393 g/mol. The first kappa shape index (κ1) is 19.0. The summed E-state index contributed by atoms with van der Waals surface area (Å²) in [6.07, 6.45) is 2.72. The minimum Gasteiger partial charge on any atom is -0.434 e. The largest absolute Gasteiger partial charge is 0.513 e. The van der Waals surface area contributed by atoms with Crippen molar-refractivity contribution in [1.82, 2.24) is 9.97 Å². The van der Waals surface area contributed by atoms with Gasteiger partial charge in [0.25, 0.3) is 0 Å². The number of hydrogen-bond donors (Lipinski definition) is 1. The number of aromatic nitrogens is 2. The molecule has 4 rings (SSSR count). The summed E-state index contributed by atoms with van der Waals surface area (Å²) in [5.41, 5.74) is 4.53. The summed E-state index contributed by atoms with van der Waals surface area (Å²) in [6.45, 7) is 5.13. The van der Waals surface area contributed by atoms with Crippen LogP contribution in [0.1, 0.15) is 6.92 Å². The van der Waals surface area contributed by atoms with E-state index in [9.17, 15) is 4.79 Å². The number of anilines is 1. The van der Waals surface area contributed by atoms with Gasteiger partial charge in [0, 0.05) is 54.1 Å². The number of benzene rings is 1. The second-order valence-corrected chi connectivity index (χ2v) is 6.59. The van der Waals surface area contributed by atoms with Gasteiger partial charge in [0.05, 0.1) is 25.5 Å². The number of H-pyrrole nitrogens is 1. The van der Waals surface area contributed by atoms with Crippen LogP contribution in [0.5, 0.6) is 5.75 Å². The quantitative estimate of drug-likeness (QED) is 0.657. The molecule has 150 valence electrons. The molecule has 7 nitrogen and oxygen atoms in total. The average Bonchev–Trinajstić information content (AvgIpc) is 3.19. The zero-order valence-corrected chi connectivity index (χ0v) is 16.3. The van der Waals surface area contributed by atoms with Gasteiger partial charge >= 0.3 is 6.16 Å². The Balaban J connectivity index is 1.71. The van der Waals surface area contributed by atoms with E-state index in [1.165, 1.54) is 0 Å². The normalized spacial score (nSPS) is 13.9. The minimum atomic E-state index is -0.724. The lowest BCUT2D eigenvalue weighted by atomic mass is 10.1. The molecule has 0 atom stereocenters. The molecule has 1 N–H and O–H groups in total. The zero-order chi connectivity index (χ0) is 20.1. The van der Waals surface area contributed by atoms with Crippen LogP contribution in [0.15, 0.2) is 54.9 Å². The van der Waals surface area contributed by atoms with Crippen molar-refractivity contribution in [2.24, 2.45) is 0 Å². The van der Waals surface area contributed by atoms with Crippen LogP contribution in [0.25, 0.3) is 22.5 Å². The molecule has 0 radical (unpaired) electrons. The average molecular weight is 393 g/mol. The highest BCUT2D eigenvalue weighted by atomic mass is 16.7. The van der Waals surface area contributed by atoms with Crippen LogP contribution in [-0.2, 0) is 9.47 Å². The van der Waals surface area contributed by atoms with Crippen molar-refractivity contribution in [3.8, 4) is 28.3 Å². The van der Waals surface area contributed by atoms with Crippen LogP contribution in [0, 0.1) is 0 Å². The topological polar surface area (TPSA) is 76.7 Å². The minimum absolute atomic E-state index is 0.252. The van der Waals surface area contributed by atoms with E-state index >= 15 is 0 Å². The second-order valence-electron chi connectivity index (χ2n) is 6.59. The number of carbonyl (C=O) groups excluding carboxylic acids is 1. The van der Waals surface area contributed by atoms with Crippen molar-refractivity contribution in [3.05, 3.63) is 54.9 Å². The molecule has 0 aliphatic carbocycles. The lowest BCUT2D eigenvalue weighted by molar-refractivity contribution is 0.104. The lowest BCUT2D eigenvalue weighted by Gasteiger charge is -2.29. The summed E-state index contributed by atoms with van der Waals surface area (Å²) < 4.78 is 15.9. The number of hydrogen-bond acceptors (Lipinski definition) is 6. The molecular formula is C22H23N3O4. The molecule has 3 heterocycles. The van der Waals surface area contributed by atoms with Crippen molar-refractivity contribution in [2.75, 3.05) is 37.8 Å². The highest BCUT2D eigenvalue weighted by Gasteiger charge is 2.18. The standard InChI is InChI=1S/C22H23N3O4/c1-2-28-22(26)29-20-15-19(16-6-8-23-9-7-16)24-21(20)17-4-3-5-18(14-17)25-10-12-27-13-11-25/h3-9,14-15,24H,2,10-13H2,1H3. The first-order chi connectivity index (χ1) is 14.2. The Hall–Kier alpha value is -3.32. The number of carbonyl (C=O) groups is 1. The Kier molecular flexibility index (Phi) is 5.76. The van der Waals surface area contributed by atoms with Gasteiger partial charge < -0.3 is 24.1 Å². The molecular weight excluding hydrogens is 370 g/mol. The van der Waals surface area contributed by atoms with Crippen molar-refractivity contribution < 1.29 is 19.0 Å². The van der Waals surface area contributed by atoms with E-state index in [-0.39, 0.29) is 6.61 Å². The van der Waals surface area contributed by atoms with Crippen LogP contribution in [-0.4, -0.2) is 49.0 Å². The SMILES string of the molecule is CCOC(=O)Oc1cc(-c2ccncc2)[nH]c1-c1cccc(N2CCOCC2)c1. The number of nitrogens with one attached hydrogen (secondary N) is 1. The van der Waals surface area contributed by atoms with Crippen LogP contribution < -0.4 is 9.64 Å². The summed E-state index contributed by atoms with van der Waals surface area (Å²) in [7, 11) is 0. The molecule has 1 fully saturated rings. The van der Waals surface area contributed by atoms with Crippen LogP contribution in [0.4, 0.5) is 10.5 Å². The third kappa shape index (κ3) is 4.41. The fourth-order valence-electron chi connectivity index (χ4n) is 3.33. The van der Waals surface area contributed by atoms with Gasteiger partial charge in [-0.3, -0.25) is 4.98 Å². The number of aromatic amines is 1. The highest BCUT2D eigenvalue weighted by Crippen LogP contribution is 2.36. The molecule has 3 aromatic rings. The Morgan fingerprint density at radius 3 is 2.69 bits per heavy atom. The van der Waals surface area contributed by atoms with Gasteiger partial charge in [-0.15, -0.1) is 0 Å². The molecule has 1 aromatic carbocycles. The van der Waals surface area contributed by atoms with Gasteiger partial charge in [0.1, 0.15) is 0 Å². The molecule has 0 saturated carbocycles. The maximum atomic E-state index is 12.0. The van der Waals surface area contributed by atoms with E-state index in [1.54, 1.807) is 19.3 Å². The second kappa shape index (κ2) is 8.79. The predicted octanol–water partition coefficient (Wildman–Crippen LogP) is 4.12. The number of nitrogens with zero attached hydrogens (tertiary/aromatic N) is 2. The van der Waals surface area contributed by atoms with Crippen LogP contribution in [0.3, 0.4) is 0 Å². The number of morpholine rings is 1. The third-order valence-electron chi connectivity index (χ3n) is 4.74. The summed E-state index contributed by atoms with van der Waals surface area (Å²) in [5, 5.41) is 0. The fourth-order valence-corrected chi connectivity index (χ4v) is 3.33. The molecule has 1 aliphatic heterocycles. The van der Waals surface area contributed by atoms with Gasteiger partial charge in [-0.05, 0) is 31.2 Å². The van der Waals surface area contributed by atoms with E-state index in [4.69, 9.17) is 14.2 Å². The van der Waals surface area contributed by atoms with E-state index in [1.807, 2.05) is 30.3 Å². The smallest absolute Gasteiger partial charge is 0.434 e. The van der Waals surface area contributed by atoms with Gasteiger partial charge in [0.2, 0.25) is 0 Å². The van der Waals surface area contributed by atoms with E-state index < -0.39 is 6.16 Å². The molecule has 1 aliphatic rings. The maximum Gasteiger partial charge on any atom is 0.513 e. The van der Waals surface area contributed by atoms with Crippen molar-refractivity contribution in [3.63, 3.8) is 0 Å². The predicted molar refractivity (Wildman–Crippen MR) is 110 cm³/mol. The number of ether oxygens (including phenoxy) is 3. The zero-order valence-electron chi connectivity index (χ0n) is 16.3. The molecule has 0 unspecified atom stereocenters. The van der Waals surface area contributed by atoms with Crippen LogP contribution >= 0.6 is 0 Å². The number of rotatable bonds is 5. The summed E-state index contributed by atoms with van der Waals surface area (Å²) in [6, 6.07) is 13.8. The summed E-state index contributed by atoms with van der Waals surface area (Å²) in [5.74, 6) is 0.425. The first-order valence-electron chi connectivity index (χ1n) is 9.65. The third-order valence-corrected chi connectivity index (χ3v) is 4.74. The Bertz CT molecular complexity index is 965. The fraction of sp³-hybridized carbons (Fsp3) is 0.273. The molecule has 7 heteroatoms. The Morgan fingerprint density at radius 2 is 1.93 bits per heavy atom. The van der Waals surface area contributed by atoms with E-state index in [2.05, 4.69) is 27.0 Å². The molecule has 0 bridgehead atoms. The van der Waals surface area contributed by atoms with Gasteiger partial charge in [-0.1, -0.05) is 12.1 Å². The molecule has 2 aromatic heterocycles. The van der Waals surface area contributed by atoms with Crippen molar-refractivity contribution in [1.29, 1.82) is 0 Å². The van der Waals surface area contributed by atoms with E-state index in [0.717, 1.165) is 54.5 Å². The highest BCUT2D eigenvalue weighted by molar-refractivity contribution is 5.79. The maximum absolute atomic E-state index is 12.0.